The summed E-state index contributed by atoms with van der Waals surface area (Å²) in [5.74, 6) is 0.192. The summed E-state index contributed by atoms with van der Waals surface area (Å²) >= 11 is 0. The minimum absolute atomic E-state index is 0.119. The first kappa shape index (κ1) is 7.04. The first-order valence-electron chi connectivity index (χ1n) is 2.79. The van der Waals surface area contributed by atoms with Gasteiger partial charge in [0.1, 0.15) is 6.07 Å². The number of nitriles is 2. The van der Waals surface area contributed by atoms with Gasteiger partial charge in [-0.1, -0.05) is 0 Å². The Morgan fingerprint density at radius 1 is 1.45 bits per heavy atom. The lowest BCUT2D eigenvalue weighted by atomic mass is 10.3. The van der Waals surface area contributed by atoms with Gasteiger partial charge in [0, 0.05) is 6.20 Å². The predicted molar refractivity (Wildman–Crippen MR) is 35.2 cm³/mol. The van der Waals surface area contributed by atoms with Crippen LogP contribution in [0, 0.1) is 22.8 Å². The second kappa shape index (κ2) is 3.19. The zero-order chi connectivity index (χ0) is 8.10. The normalized spacial score (nSPS) is 7.82. The molecule has 0 amide bonds. The highest BCUT2D eigenvalue weighted by Crippen LogP contribution is 2.12. The van der Waals surface area contributed by atoms with Crippen molar-refractivity contribution in [2.24, 2.45) is 0 Å². The highest BCUT2D eigenvalue weighted by atomic mass is 16.5. The van der Waals surface area contributed by atoms with E-state index in [4.69, 9.17) is 10.5 Å². The molecule has 11 heavy (non-hydrogen) atoms. The Kier molecular flexibility index (Phi) is 2.04. The number of hydrogen-bond acceptors (Lipinski definition) is 4. The van der Waals surface area contributed by atoms with Gasteiger partial charge in [-0.25, -0.2) is 4.98 Å². The summed E-state index contributed by atoms with van der Waals surface area (Å²) in [6.45, 7) is 0. The molecule has 0 radical (unpaired) electrons. The van der Waals surface area contributed by atoms with Crippen LogP contribution >= 0.6 is 0 Å². The van der Waals surface area contributed by atoms with Crippen molar-refractivity contribution in [3.8, 4) is 18.1 Å². The Morgan fingerprint density at radius 2 is 2.27 bits per heavy atom. The molecule has 0 saturated heterocycles. The number of rotatable bonds is 1. The molecule has 52 valence electrons. The molecular weight excluding hydrogens is 142 g/mol. The van der Waals surface area contributed by atoms with Crippen molar-refractivity contribution in [3.63, 3.8) is 0 Å². The number of aromatic nitrogens is 1. The number of ether oxygens (including phenoxy) is 1. The Hall–Kier alpha value is -2.07. The fourth-order valence-electron chi connectivity index (χ4n) is 0.606. The van der Waals surface area contributed by atoms with E-state index in [0.717, 1.165) is 0 Å². The minimum atomic E-state index is 0.119. The van der Waals surface area contributed by atoms with Crippen molar-refractivity contribution in [2.75, 3.05) is 0 Å². The van der Waals surface area contributed by atoms with Gasteiger partial charge in [0.2, 0.25) is 0 Å². The molecule has 0 bridgehead atoms. The van der Waals surface area contributed by atoms with Crippen LogP contribution in [0.25, 0.3) is 0 Å². The quantitative estimate of drug-likeness (QED) is 0.548. The molecule has 0 unspecified atom stereocenters. The molecule has 0 saturated carbocycles. The van der Waals surface area contributed by atoms with Gasteiger partial charge in [0.15, 0.2) is 11.4 Å². The first-order chi connectivity index (χ1) is 5.38. The maximum absolute atomic E-state index is 8.44. The first-order valence-corrected chi connectivity index (χ1v) is 2.79. The molecule has 1 aromatic heterocycles. The van der Waals surface area contributed by atoms with E-state index in [9.17, 15) is 0 Å². The zero-order valence-electron chi connectivity index (χ0n) is 5.48. The predicted octanol–water partition coefficient (Wildman–Crippen LogP) is 0.813. The van der Waals surface area contributed by atoms with Crippen molar-refractivity contribution < 1.29 is 4.74 Å². The topological polar surface area (TPSA) is 69.7 Å². The maximum atomic E-state index is 8.44. The largest absolute Gasteiger partial charge is 0.385 e. The van der Waals surface area contributed by atoms with Crippen molar-refractivity contribution >= 4 is 0 Å². The standard InChI is InChI=1S/C7H3N3O/c8-4-6-7(11-5-9)2-1-3-10-6/h1-3H. The fraction of sp³-hybridized carbons (Fsp3) is 0. The minimum Gasteiger partial charge on any atom is -0.385 e. The molecule has 0 aliphatic heterocycles. The van der Waals surface area contributed by atoms with Gasteiger partial charge in [-0.05, 0) is 12.1 Å². The van der Waals surface area contributed by atoms with Crippen LogP contribution in [0.15, 0.2) is 18.3 Å². The highest BCUT2D eigenvalue weighted by molar-refractivity contribution is 5.36. The van der Waals surface area contributed by atoms with Crippen LogP contribution in [-0.4, -0.2) is 4.98 Å². The van der Waals surface area contributed by atoms with Gasteiger partial charge >= 0.3 is 0 Å². The Bertz CT molecular complexity index is 334. The number of hydrogen-bond donors (Lipinski definition) is 0. The summed E-state index contributed by atoms with van der Waals surface area (Å²) < 4.78 is 4.45. The van der Waals surface area contributed by atoms with E-state index >= 15 is 0 Å². The van der Waals surface area contributed by atoms with Gasteiger partial charge in [-0.15, -0.1) is 5.26 Å². The zero-order valence-corrected chi connectivity index (χ0v) is 5.48. The van der Waals surface area contributed by atoms with Gasteiger partial charge in [-0.2, -0.15) is 5.26 Å². The summed E-state index contributed by atoms with van der Waals surface area (Å²) in [6.07, 6.45) is 2.93. The van der Waals surface area contributed by atoms with Crippen molar-refractivity contribution in [1.29, 1.82) is 10.5 Å². The summed E-state index contributed by atoms with van der Waals surface area (Å²) in [6, 6.07) is 4.89. The van der Waals surface area contributed by atoms with Crippen LogP contribution in [0.2, 0.25) is 0 Å². The average molecular weight is 145 g/mol. The molecule has 0 N–H and O–H groups in total. The van der Waals surface area contributed by atoms with E-state index in [1.54, 1.807) is 12.1 Å². The van der Waals surface area contributed by atoms with Crippen molar-refractivity contribution in [1.82, 2.24) is 4.98 Å². The number of pyridine rings is 1. The van der Waals surface area contributed by atoms with Crippen LogP contribution in [0.1, 0.15) is 5.69 Å². The Labute approximate surface area is 63.3 Å². The third kappa shape index (κ3) is 1.44. The molecule has 4 heteroatoms. The van der Waals surface area contributed by atoms with Gasteiger partial charge in [-0.3, -0.25) is 0 Å². The third-order valence-corrected chi connectivity index (χ3v) is 1.03. The van der Waals surface area contributed by atoms with Crippen LogP contribution in [0.4, 0.5) is 0 Å². The monoisotopic (exact) mass is 145 g/mol. The molecule has 1 heterocycles. The van der Waals surface area contributed by atoms with Crippen LogP contribution in [0.5, 0.6) is 5.75 Å². The molecular formula is C7H3N3O. The lowest BCUT2D eigenvalue weighted by Crippen LogP contribution is -1.88. The lowest BCUT2D eigenvalue weighted by Gasteiger charge is -1.94. The molecule has 0 aromatic carbocycles. The molecule has 4 nitrogen and oxygen atoms in total. The van der Waals surface area contributed by atoms with Crippen LogP contribution in [-0.2, 0) is 0 Å². The van der Waals surface area contributed by atoms with Gasteiger partial charge in [0.25, 0.3) is 6.26 Å². The van der Waals surface area contributed by atoms with Crippen molar-refractivity contribution in [3.05, 3.63) is 24.0 Å². The molecule has 0 aliphatic carbocycles. The van der Waals surface area contributed by atoms with E-state index in [2.05, 4.69) is 9.72 Å². The molecule has 1 rings (SSSR count). The third-order valence-electron chi connectivity index (χ3n) is 1.03. The second-order valence-corrected chi connectivity index (χ2v) is 1.66. The van der Waals surface area contributed by atoms with E-state index < -0.39 is 0 Å². The van der Waals surface area contributed by atoms with Gasteiger partial charge < -0.3 is 4.74 Å². The summed E-state index contributed by atoms with van der Waals surface area (Å²) in [4.78, 5) is 3.68. The number of nitrogens with zero attached hydrogens (tertiary/aromatic N) is 3. The Morgan fingerprint density at radius 3 is 2.91 bits per heavy atom. The molecule has 0 aliphatic rings. The molecule has 0 atom stereocenters. The van der Waals surface area contributed by atoms with Crippen molar-refractivity contribution in [2.45, 2.75) is 0 Å². The van der Waals surface area contributed by atoms with E-state index in [-0.39, 0.29) is 11.4 Å². The molecule has 1 aromatic rings. The summed E-state index contributed by atoms with van der Waals surface area (Å²) in [7, 11) is 0. The lowest BCUT2D eigenvalue weighted by molar-refractivity contribution is 0.502. The average Bonchev–Trinajstić information content (AvgIpc) is 2.06. The Balaban J connectivity index is 3.07. The van der Waals surface area contributed by atoms with E-state index in [0.29, 0.717) is 0 Å². The summed E-state index contributed by atoms with van der Waals surface area (Å²) in [5, 5.41) is 16.6. The summed E-state index contributed by atoms with van der Waals surface area (Å²) in [5.41, 5.74) is 0.119. The second-order valence-electron chi connectivity index (χ2n) is 1.66. The SMILES string of the molecule is N#COc1cccnc1C#N. The smallest absolute Gasteiger partial charge is 0.292 e. The van der Waals surface area contributed by atoms with E-state index in [1.165, 1.54) is 18.5 Å². The maximum Gasteiger partial charge on any atom is 0.292 e. The van der Waals surface area contributed by atoms with E-state index in [1.807, 2.05) is 0 Å². The van der Waals surface area contributed by atoms with Crippen LogP contribution < -0.4 is 4.74 Å². The van der Waals surface area contributed by atoms with Gasteiger partial charge in [0.05, 0.1) is 0 Å². The highest BCUT2D eigenvalue weighted by Gasteiger charge is 2.01. The molecule has 0 fully saturated rings. The van der Waals surface area contributed by atoms with Crippen LogP contribution in [0.3, 0.4) is 0 Å². The fourth-order valence-corrected chi connectivity index (χ4v) is 0.606. The molecule has 0 spiro atoms.